The average Bonchev–Trinajstić information content (AvgIpc) is 3.24. The van der Waals surface area contributed by atoms with E-state index in [-0.39, 0.29) is 12.5 Å². The summed E-state index contributed by atoms with van der Waals surface area (Å²) in [5, 5.41) is 19.6. The van der Waals surface area contributed by atoms with E-state index in [1.807, 2.05) is 31.3 Å². The molecule has 3 aromatic rings. The van der Waals surface area contributed by atoms with Crippen molar-refractivity contribution in [1.82, 2.24) is 19.6 Å². The van der Waals surface area contributed by atoms with Crippen LogP contribution in [0.4, 0.5) is 0 Å². The fourth-order valence-corrected chi connectivity index (χ4v) is 2.70. The summed E-state index contributed by atoms with van der Waals surface area (Å²) >= 11 is 0. The minimum Gasteiger partial charge on any atom is -0.464 e. The Morgan fingerprint density at radius 1 is 1.36 bits per heavy atom. The van der Waals surface area contributed by atoms with Gasteiger partial charge in [-0.25, -0.2) is 4.68 Å². The standard InChI is InChI=1S/C18H22N4O3/c1-3-4-8-25-18(24)12-22-16-10-15(13(2)23)17(9-14(16)11-20-22)21-7-5-6-19-21/h5-7,9-11,13,23H,3-4,8,12H2,1-2H3. The zero-order chi connectivity index (χ0) is 17.8. The summed E-state index contributed by atoms with van der Waals surface area (Å²) in [4.78, 5) is 12.0. The highest BCUT2D eigenvalue weighted by Crippen LogP contribution is 2.27. The molecule has 132 valence electrons. The van der Waals surface area contributed by atoms with Crippen molar-refractivity contribution < 1.29 is 14.6 Å². The molecule has 1 unspecified atom stereocenters. The fourth-order valence-electron chi connectivity index (χ4n) is 2.70. The van der Waals surface area contributed by atoms with Crippen molar-refractivity contribution in [3.8, 4) is 5.69 Å². The Balaban J connectivity index is 1.92. The maximum absolute atomic E-state index is 12.0. The van der Waals surface area contributed by atoms with Crippen molar-refractivity contribution in [2.75, 3.05) is 6.61 Å². The molecular weight excluding hydrogens is 320 g/mol. The number of esters is 1. The first-order valence-corrected chi connectivity index (χ1v) is 8.43. The van der Waals surface area contributed by atoms with Crippen molar-refractivity contribution in [1.29, 1.82) is 0 Å². The Morgan fingerprint density at radius 2 is 2.20 bits per heavy atom. The van der Waals surface area contributed by atoms with E-state index in [4.69, 9.17) is 4.74 Å². The van der Waals surface area contributed by atoms with Crippen LogP contribution in [0.15, 0.2) is 36.8 Å². The Bertz CT molecular complexity index is 853. The van der Waals surface area contributed by atoms with E-state index in [0.717, 1.165) is 35.0 Å². The van der Waals surface area contributed by atoms with Crippen molar-refractivity contribution >= 4 is 16.9 Å². The van der Waals surface area contributed by atoms with Gasteiger partial charge in [0.25, 0.3) is 0 Å². The highest BCUT2D eigenvalue weighted by molar-refractivity contribution is 5.84. The van der Waals surface area contributed by atoms with Gasteiger partial charge < -0.3 is 9.84 Å². The summed E-state index contributed by atoms with van der Waals surface area (Å²) in [6, 6.07) is 5.59. The van der Waals surface area contributed by atoms with E-state index in [0.29, 0.717) is 6.61 Å². The molecule has 0 amide bonds. The molecule has 0 saturated carbocycles. The van der Waals surface area contributed by atoms with Gasteiger partial charge in [-0.1, -0.05) is 13.3 Å². The van der Waals surface area contributed by atoms with Gasteiger partial charge in [-0.05, 0) is 31.5 Å². The smallest absolute Gasteiger partial charge is 0.327 e. The summed E-state index contributed by atoms with van der Waals surface area (Å²) < 4.78 is 8.51. The number of unbranched alkanes of at least 4 members (excludes halogenated alkanes) is 1. The molecule has 7 heteroatoms. The summed E-state index contributed by atoms with van der Waals surface area (Å²) in [5.74, 6) is -0.312. The Labute approximate surface area is 145 Å². The number of benzene rings is 1. The molecule has 1 aromatic carbocycles. The number of fused-ring (bicyclic) bond motifs is 1. The molecule has 7 nitrogen and oxygen atoms in total. The molecule has 2 heterocycles. The Morgan fingerprint density at radius 3 is 2.88 bits per heavy atom. The van der Waals surface area contributed by atoms with Gasteiger partial charge in [0.2, 0.25) is 0 Å². The van der Waals surface area contributed by atoms with E-state index < -0.39 is 6.10 Å². The summed E-state index contributed by atoms with van der Waals surface area (Å²) in [6.45, 7) is 4.22. The maximum Gasteiger partial charge on any atom is 0.327 e. The maximum atomic E-state index is 12.0. The second kappa shape index (κ2) is 7.48. The monoisotopic (exact) mass is 342 g/mol. The first kappa shape index (κ1) is 17.2. The zero-order valence-electron chi connectivity index (χ0n) is 14.4. The molecule has 2 aromatic heterocycles. The third-order valence-corrected chi connectivity index (χ3v) is 4.03. The first-order chi connectivity index (χ1) is 12.1. The minimum absolute atomic E-state index is 0.0492. The van der Waals surface area contributed by atoms with Crippen molar-refractivity contribution in [2.45, 2.75) is 39.3 Å². The minimum atomic E-state index is -0.677. The fraction of sp³-hybridized carbons (Fsp3) is 0.389. The van der Waals surface area contributed by atoms with Gasteiger partial charge in [0.05, 0.1) is 30.1 Å². The van der Waals surface area contributed by atoms with Crippen molar-refractivity contribution in [3.05, 3.63) is 42.4 Å². The molecule has 0 spiro atoms. The summed E-state index contributed by atoms with van der Waals surface area (Å²) in [6.07, 6.45) is 6.36. The predicted molar refractivity (Wildman–Crippen MR) is 93.4 cm³/mol. The quantitative estimate of drug-likeness (QED) is 0.527. The van der Waals surface area contributed by atoms with Gasteiger partial charge in [-0.15, -0.1) is 0 Å². The van der Waals surface area contributed by atoms with Gasteiger partial charge in [-0.3, -0.25) is 9.48 Å². The van der Waals surface area contributed by atoms with E-state index in [1.54, 1.807) is 28.7 Å². The number of ether oxygens (including phenoxy) is 1. The normalized spacial score (nSPS) is 12.4. The topological polar surface area (TPSA) is 82.2 Å². The molecule has 1 atom stereocenters. The van der Waals surface area contributed by atoms with Gasteiger partial charge in [0.1, 0.15) is 6.54 Å². The number of aliphatic hydroxyl groups is 1. The number of carbonyl (C=O) groups is 1. The number of hydrogen-bond acceptors (Lipinski definition) is 5. The molecule has 0 radical (unpaired) electrons. The number of aromatic nitrogens is 4. The first-order valence-electron chi connectivity index (χ1n) is 8.43. The van der Waals surface area contributed by atoms with Crippen LogP contribution >= 0.6 is 0 Å². The summed E-state index contributed by atoms with van der Waals surface area (Å²) in [5.41, 5.74) is 2.29. The molecule has 0 bridgehead atoms. The van der Waals surface area contributed by atoms with E-state index in [2.05, 4.69) is 10.2 Å². The number of hydrogen-bond donors (Lipinski definition) is 1. The van der Waals surface area contributed by atoms with Crippen LogP contribution in [0, 0.1) is 0 Å². The lowest BCUT2D eigenvalue weighted by atomic mass is 10.1. The third-order valence-electron chi connectivity index (χ3n) is 4.03. The number of aliphatic hydroxyl groups excluding tert-OH is 1. The lowest BCUT2D eigenvalue weighted by Crippen LogP contribution is -2.15. The average molecular weight is 342 g/mol. The molecule has 3 rings (SSSR count). The van der Waals surface area contributed by atoms with E-state index >= 15 is 0 Å². The van der Waals surface area contributed by atoms with Crippen LogP contribution in [0.25, 0.3) is 16.6 Å². The van der Waals surface area contributed by atoms with Crippen molar-refractivity contribution in [2.24, 2.45) is 0 Å². The number of carbonyl (C=O) groups excluding carboxylic acids is 1. The second-order valence-corrected chi connectivity index (χ2v) is 5.97. The zero-order valence-corrected chi connectivity index (χ0v) is 14.4. The van der Waals surface area contributed by atoms with Crippen LogP contribution in [0.2, 0.25) is 0 Å². The Kier molecular flexibility index (Phi) is 5.14. The van der Waals surface area contributed by atoms with Crippen LogP contribution in [0.3, 0.4) is 0 Å². The molecular formula is C18H22N4O3. The highest BCUT2D eigenvalue weighted by Gasteiger charge is 2.16. The van der Waals surface area contributed by atoms with Gasteiger partial charge in [-0.2, -0.15) is 10.2 Å². The third kappa shape index (κ3) is 3.71. The highest BCUT2D eigenvalue weighted by atomic mass is 16.5. The van der Waals surface area contributed by atoms with Crippen LogP contribution in [-0.4, -0.2) is 37.2 Å². The van der Waals surface area contributed by atoms with Crippen LogP contribution < -0.4 is 0 Å². The predicted octanol–water partition coefficient (Wildman–Crippen LogP) is 2.62. The van der Waals surface area contributed by atoms with Crippen LogP contribution in [0.1, 0.15) is 38.4 Å². The lowest BCUT2D eigenvalue weighted by Gasteiger charge is -2.13. The molecule has 0 aliphatic rings. The van der Waals surface area contributed by atoms with Crippen LogP contribution in [-0.2, 0) is 16.1 Å². The van der Waals surface area contributed by atoms with Gasteiger partial charge >= 0.3 is 5.97 Å². The molecule has 0 saturated heterocycles. The second-order valence-electron chi connectivity index (χ2n) is 5.97. The lowest BCUT2D eigenvalue weighted by molar-refractivity contribution is -0.144. The van der Waals surface area contributed by atoms with Crippen LogP contribution in [0.5, 0.6) is 0 Å². The van der Waals surface area contributed by atoms with Gasteiger partial charge in [0.15, 0.2) is 0 Å². The van der Waals surface area contributed by atoms with Gasteiger partial charge in [0, 0.05) is 23.3 Å². The molecule has 0 aliphatic carbocycles. The molecule has 1 N–H and O–H groups in total. The summed E-state index contributed by atoms with van der Waals surface area (Å²) in [7, 11) is 0. The van der Waals surface area contributed by atoms with E-state index in [1.165, 1.54) is 0 Å². The van der Waals surface area contributed by atoms with Crippen molar-refractivity contribution in [3.63, 3.8) is 0 Å². The SMILES string of the molecule is CCCCOC(=O)Cn1ncc2cc(-n3cccn3)c(C(C)O)cc21. The Hall–Kier alpha value is -2.67. The molecule has 25 heavy (non-hydrogen) atoms. The largest absolute Gasteiger partial charge is 0.464 e. The van der Waals surface area contributed by atoms with E-state index in [9.17, 15) is 9.90 Å². The molecule has 0 aliphatic heterocycles. The number of nitrogens with zero attached hydrogens (tertiary/aromatic N) is 4. The molecule has 0 fully saturated rings. The number of rotatable bonds is 7.